The molecule has 0 atom stereocenters. The zero-order chi connectivity index (χ0) is 13.0. The van der Waals surface area contributed by atoms with Gasteiger partial charge >= 0.3 is 0 Å². The lowest BCUT2D eigenvalue weighted by Gasteiger charge is -2.05. The van der Waals surface area contributed by atoms with Crippen LogP contribution in [0.4, 0.5) is 0 Å². The lowest BCUT2D eigenvalue weighted by atomic mass is 10.1. The lowest BCUT2D eigenvalue weighted by molar-refractivity contribution is 0.415. The van der Waals surface area contributed by atoms with Gasteiger partial charge in [-0.15, -0.1) is 0 Å². The molecule has 94 valence electrons. The van der Waals surface area contributed by atoms with Crippen LogP contribution >= 0.6 is 11.6 Å². The number of rotatable bonds is 4. The Balaban J connectivity index is 2.36. The molecule has 0 radical (unpaired) electrons. The molecule has 0 saturated heterocycles. The van der Waals surface area contributed by atoms with Crippen molar-refractivity contribution >= 4 is 11.6 Å². The standard InChI is InChI=1S/C14H15ClN2O/c1-3-4-14-16-12(9-13(15)17-14)10-5-7-11(18-2)8-6-10/h5-9H,3-4H2,1-2H3. The lowest BCUT2D eigenvalue weighted by Crippen LogP contribution is -1.97. The minimum Gasteiger partial charge on any atom is -0.497 e. The molecule has 1 heterocycles. The second kappa shape index (κ2) is 5.83. The first-order valence-corrected chi connectivity index (χ1v) is 6.28. The fourth-order valence-corrected chi connectivity index (χ4v) is 1.91. The molecular weight excluding hydrogens is 248 g/mol. The van der Waals surface area contributed by atoms with Crippen molar-refractivity contribution in [3.8, 4) is 17.0 Å². The first-order chi connectivity index (χ1) is 8.72. The Morgan fingerprint density at radius 3 is 2.50 bits per heavy atom. The normalized spacial score (nSPS) is 10.4. The van der Waals surface area contributed by atoms with Crippen molar-refractivity contribution in [2.45, 2.75) is 19.8 Å². The average Bonchev–Trinajstić information content (AvgIpc) is 2.38. The van der Waals surface area contributed by atoms with Gasteiger partial charge in [-0.1, -0.05) is 18.5 Å². The average molecular weight is 263 g/mol. The van der Waals surface area contributed by atoms with E-state index < -0.39 is 0 Å². The summed E-state index contributed by atoms with van der Waals surface area (Å²) in [7, 11) is 1.65. The first kappa shape index (κ1) is 12.8. The van der Waals surface area contributed by atoms with Crippen LogP contribution in [0.1, 0.15) is 19.2 Å². The monoisotopic (exact) mass is 262 g/mol. The molecule has 0 aliphatic heterocycles. The smallest absolute Gasteiger partial charge is 0.133 e. The number of hydrogen-bond donors (Lipinski definition) is 0. The third kappa shape index (κ3) is 2.99. The summed E-state index contributed by atoms with van der Waals surface area (Å²) < 4.78 is 5.13. The second-order valence-corrected chi connectivity index (χ2v) is 4.36. The summed E-state index contributed by atoms with van der Waals surface area (Å²) in [6.07, 6.45) is 1.84. The summed E-state index contributed by atoms with van der Waals surface area (Å²) in [5.74, 6) is 1.61. The largest absolute Gasteiger partial charge is 0.497 e. The third-order valence-electron chi connectivity index (χ3n) is 2.60. The van der Waals surface area contributed by atoms with Gasteiger partial charge in [0.2, 0.25) is 0 Å². The number of aryl methyl sites for hydroxylation is 1. The number of halogens is 1. The molecule has 1 aromatic carbocycles. The van der Waals surface area contributed by atoms with Crippen LogP contribution in [-0.4, -0.2) is 17.1 Å². The summed E-state index contributed by atoms with van der Waals surface area (Å²) in [6.45, 7) is 2.09. The van der Waals surface area contributed by atoms with Crippen LogP contribution in [-0.2, 0) is 6.42 Å². The molecule has 0 unspecified atom stereocenters. The molecule has 0 bridgehead atoms. The van der Waals surface area contributed by atoms with Crippen molar-refractivity contribution in [3.05, 3.63) is 41.3 Å². The number of benzene rings is 1. The van der Waals surface area contributed by atoms with Crippen molar-refractivity contribution in [1.82, 2.24) is 9.97 Å². The van der Waals surface area contributed by atoms with Gasteiger partial charge in [0, 0.05) is 18.1 Å². The molecule has 2 aromatic rings. The number of nitrogens with zero attached hydrogens (tertiary/aromatic N) is 2. The van der Waals surface area contributed by atoms with Gasteiger partial charge in [-0.2, -0.15) is 0 Å². The quantitative estimate of drug-likeness (QED) is 0.787. The molecule has 4 heteroatoms. The summed E-state index contributed by atoms with van der Waals surface area (Å²) >= 11 is 6.02. The van der Waals surface area contributed by atoms with Crippen molar-refractivity contribution in [2.24, 2.45) is 0 Å². The van der Waals surface area contributed by atoms with E-state index in [1.165, 1.54) is 0 Å². The van der Waals surface area contributed by atoms with Crippen molar-refractivity contribution in [1.29, 1.82) is 0 Å². The topological polar surface area (TPSA) is 35.0 Å². The maximum atomic E-state index is 6.02. The summed E-state index contributed by atoms with van der Waals surface area (Å²) in [5, 5.41) is 0.485. The van der Waals surface area contributed by atoms with E-state index in [1.54, 1.807) is 13.2 Å². The van der Waals surface area contributed by atoms with E-state index in [1.807, 2.05) is 24.3 Å². The van der Waals surface area contributed by atoms with Crippen LogP contribution in [0.25, 0.3) is 11.3 Å². The van der Waals surface area contributed by atoms with Crippen molar-refractivity contribution < 1.29 is 4.74 Å². The predicted octanol–water partition coefficient (Wildman–Crippen LogP) is 3.76. The van der Waals surface area contributed by atoms with Gasteiger partial charge in [0.1, 0.15) is 16.7 Å². The molecule has 0 spiro atoms. The molecule has 0 aliphatic carbocycles. The third-order valence-corrected chi connectivity index (χ3v) is 2.79. The van der Waals surface area contributed by atoms with Gasteiger partial charge in [0.05, 0.1) is 12.8 Å². The van der Waals surface area contributed by atoms with Crippen LogP contribution in [0.3, 0.4) is 0 Å². The molecule has 0 saturated carbocycles. The minimum absolute atomic E-state index is 0.485. The fourth-order valence-electron chi connectivity index (χ4n) is 1.71. The van der Waals surface area contributed by atoms with Gasteiger partial charge in [-0.3, -0.25) is 0 Å². The number of ether oxygens (including phenoxy) is 1. The molecular formula is C14H15ClN2O. The molecule has 0 fully saturated rings. The van der Waals surface area contributed by atoms with Crippen molar-refractivity contribution in [2.75, 3.05) is 7.11 Å². The predicted molar refractivity (Wildman–Crippen MR) is 73.0 cm³/mol. The number of hydrogen-bond acceptors (Lipinski definition) is 3. The van der Waals surface area contributed by atoms with Gasteiger partial charge in [-0.05, 0) is 30.7 Å². The van der Waals surface area contributed by atoms with E-state index in [-0.39, 0.29) is 0 Å². The van der Waals surface area contributed by atoms with Gasteiger partial charge in [0.15, 0.2) is 0 Å². The highest BCUT2D eigenvalue weighted by atomic mass is 35.5. The van der Waals surface area contributed by atoms with Crippen LogP contribution in [0, 0.1) is 0 Å². The molecule has 0 aliphatic rings. The van der Waals surface area contributed by atoms with Crippen molar-refractivity contribution in [3.63, 3.8) is 0 Å². The Hall–Kier alpha value is -1.61. The number of aromatic nitrogens is 2. The SMILES string of the molecule is CCCc1nc(Cl)cc(-c2ccc(OC)cc2)n1. The van der Waals surface area contributed by atoms with Crippen LogP contribution in [0.5, 0.6) is 5.75 Å². The van der Waals surface area contributed by atoms with Crippen LogP contribution < -0.4 is 4.74 Å². The first-order valence-electron chi connectivity index (χ1n) is 5.91. The van der Waals surface area contributed by atoms with E-state index in [0.29, 0.717) is 5.15 Å². The Morgan fingerprint density at radius 2 is 1.89 bits per heavy atom. The molecule has 3 nitrogen and oxygen atoms in total. The Labute approximate surface area is 112 Å². The van der Waals surface area contributed by atoms with E-state index >= 15 is 0 Å². The Kier molecular flexibility index (Phi) is 4.15. The molecule has 0 N–H and O–H groups in total. The van der Waals surface area contributed by atoms with Gasteiger partial charge in [0.25, 0.3) is 0 Å². The molecule has 1 aromatic heterocycles. The zero-order valence-corrected chi connectivity index (χ0v) is 11.2. The second-order valence-electron chi connectivity index (χ2n) is 3.97. The van der Waals surface area contributed by atoms with Crippen LogP contribution in [0.2, 0.25) is 5.15 Å². The minimum atomic E-state index is 0.485. The van der Waals surface area contributed by atoms with Gasteiger partial charge in [-0.25, -0.2) is 9.97 Å². The van der Waals surface area contributed by atoms with E-state index in [4.69, 9.17) is 16.3 Å². The molecule has 18 heavy (non-hydrogen) atoms. The van der Waals surface area contributed by atoms with E-state index in [2.05, 4.69) is 16.9 Å². The maximum absolute atomic E-state index is 6.02. The summed E-state index contributed by atoms with van der Waals surface area (Å²) in [6, 6.07) is 9.53. The highest BCUT2D eigenvalue weighted by Crippen LogP contribution is 2.22. The zero-order valence-electron chi connectivity index (χ0n) is 10.5. The number of methoxy groups -OCH3 is 1. The summed E-state index contributed by atoms with van der Waals surface area (Å²) in [5.41, 5.74) is 1.86. The Bertz CT molecular complexity index is 526. The maximum Gasteiger partial charge on any atom is 0.133 e. The van der Waals surface area contributed by atoms with E-state index in [0.717, 1.165) is 35.7 Å². The Morgan fingerprint density at radius 1 is 1.17 bits per heavy atom. The van der Waals surface area contributed by atoms with E-state index in [9.17, 15) is 0 Å². The summed E-state index contributed by atoms with van der Waals surface area (Å²) in [4.78, 5) is 8.73. The van der Waals surface area contributed by atoms with Gasteiger partial charge < -0.3 is 4.74 Å². The molecule has 0 amide bonds. The highest BCUT2D eigenvalue weighted by molar-refractivity contribution is 6.29. The van der Waals surface area contributed by atoms with Crippen LogP contribution in [0.15, 0.2) is 30.3 Å². The molecule has 2 rings (SSSR count). The fraction of sp³-hybridized carbons (Fsp3) is 0.286. The highest BCUT2D eigenvalue weighted by Gasteiger charge is 2.05.